The number of rotatable bonds is 6. The van der Waals surface area contributed by atoms with Gasteiger partial charge in [-0.15, -0.1) is 0 Å². The number of halogens is 5. The molecular weight excluding hydrogens is 646 g/mol. The van der Waals surface area contributed by atoms with Gasteiger partial charge in [-0.3, -0.25) is 4.90 Å². The van der Waals surface area contributed by atoms with Gasteiger partial charge in [-0.05, 0) is 87.8 Å². The fraction of sp³-hybridized carbons (Fsp3) is 0.710. The summed E-state index contributed by atoms with van der Waals surface area (Å²) in [5, 5.41) is 0.228. The van der Waals surface area contributed by atoms with Crippen LogP contribution in [-0.4, -0.2) is 88.8 Å². The second-order valence-corrected chi connectivity index (χ2v) is 15.4. The average Bonchev–Trinajstić information content (AvgIpc) is 3.79. The topological polar surface area (TPSA) is 71.0 Å². The van der Waals surface area contributed by atoms with Gasteiger partial charge >= 0.3 is 12.1 Å². The lowest BCUT2D eigenvalue weighted by molar-refractivity contribution is 0.0121. The highest BCUT2D eigenvalue weighted by atomic mass is 79.9. The predicted octanol–water partition coefficient (Wildman–Crippen LogP) is 6.54. The Morgan fingerprint density at radius 1 is 1.11 bits per heavy atom. The van der Waals surface area contributed by atoms with Crippen molar-refractivity contribution in [2.45, 2.75) is 89.3 Å². The van der Waals surface area contributed by atoms with E-state index in [2.05, 4.69) is 30.8 Å². The Bertz CT molecular complexity index is 1490. The zero-order chi connectivity index (χ0) is 31.2. The number of alkyl halides is 2. The van der Waals surface area contributed by atoms with E-state index >= 15 is 4.39 Å². The maximum atomic E-state index is 15.4. The summed E-state index contributed by atoms with van der Waals surface area (Å²) in [6, 6.07) is 0.947. The summed E-state index contributed by atoms with van der Waals surface area (Å²) in [7, 11) is 0. The molecule has 13 heteroatoms. The molecule has 1 aromatic heterocycles. The Hall–Kier alpha value is -2.41. The van der Waals surface area contributed by atoms with E-state index in [1.165, 1.54) is 6.07 Å². The van der Waals surface area contributed by atoms with Gasteiger partial charge in [0.1, 0.15) is 22.8 Å². The average molecular weight is 685 g/mol. The molecule has 240 valence electrons. The Morgan fingerprint density at radius 3 is 2.41 bits per heavy atom. The highest BCUT2D eigenvalue weighted by molar-refractivity contribution is 9.10. The molecule has 7 rings (SSSR count). The smallest absolute Gasteiger partial charge is 0.410 e. The molecular formula is C31H38BrF4N5O3. The minimum Gasteiger partial charge on any atom is -0.463 e. The van der Waals surface area contributed by atoms with Crippen LogP contribution in [0.4, 0.5) is 28.2 Å². The van der Waals surface area contributed by atoms with Gasteiger partial charge in [-0.2, -0.15) is 9.97 Å². The highest BCUT2D eigenvalue weighted by Gasteiger charge is 2.71. The highest BCUT2D eigenvalue weighted by Crippen LogP contribution is 2.65. The van der Waals surface area contributed by atoms with Crippen molar-refractivity contribution in [2.75, 3.05) is 44.2 Å². The van der Waals surface area contributed by atoms with Gasteiger partial charge in [0.15, 0.2) is 5.82 Å². The van der Waals surface area contributed by atoms with Crippen LogP contribution >= 0.6 is 15.9 Å². The van der Waals surface area contributed by atoms with E-state index in [9.17, 15) is 18.0 Å². The van der Waals surface area contributed by atoms with Crippen molar-refractivity contribution in [3.63, 3.8) is 0 Å². The third-order valence-electron chi connectivity index (χ3n) is 10.1. The Balaban J connectivity index is 1.12. The first-order chi connectivity index (χ1) is 20.7. The molecule has 3 aliphatic heterocycles. The first-order valence-electron chi connectivity index (χ1n) is 15.5. The SMILES string of the molecule is CC(C)(C)OC(=O)N1C2CCC1CN(c1nc(OCC3(CN4CCCC5(C4)CC5(F)F)CC3)nc3c(F)c(Br)c(F)cc13)C2. The number of carbonyl (C=O) groups is 1. The molecule has 3 unspecified atom stereocenters. The van der Waals surface area contributed by atoms with E-state index in [1.54, 1.807) is 4.90 Å². The van der Waals surface area contributed by atoms with Crippen molar-refractivity contribution in [2.24, 2.45) is 10.8 Å². The van der Waals surface area contributed by atoms with E-state index < -0.39 is 28.6 Å². The lowest BCUT2D eigenvalue weighted by atomic mass is 9.93. The lowest BCUT2D eigenvalue weighted by Crippen LogP contribution is -2.57. The fourth-order valence-electron chi connectivity index (χ4n) is 7.53. The van der Waals surface area contributed by atoms with E-state index in [0.717, 1.165) is 38.6 Å². The largest absolute Gasteiger partial charge is 0.463 e. The van der Waals surface area contributed by atoms with Gasteiger partial charge in [0, 0.05) is 43.4 Å². The molecule has 1 amide bonds. The molecule has 3 atom stereocenters. The molecule has 8 nitrogen and oxygen atoms in total. The Morgan fingerprint density at radius 2 is 1.80 bits per heavy atom. The molecule has 2 bridgehead atoms. The number of anilines is 1. The molecule has 0 radical (unpaired) electrons. The summed E-state index contributed by atoms with van der Waals surface area (Å²) in [6.07, 6.45) is 4.31. The fourth-order valence-corrected chi connectivity index (χ4v) is 7.84. The second-order valence-electron chi connectivity index (χ2n) is 14.7. The molecule has 4 heterocycles. The summed E-state index contributed by atoms with van der Waals surface area (Å²) in [4.78, 5) is 28.0. The normalized spacial score (nSPS) is 28.9. The number of piperazine rings is 1. The predicted molar refractivity (Wildman–Crippen MR) is 159 cm³/mol. The number of aromatic nitrogens is 2. The molecule has 2 saturated carbocycles. The van der Waals surface area contributed by atoms with E-state index in [4.69, 9.17) is 9.47 Å². The van der Waals surface area contributed by atoms with Gasteiger partial charge < -0.3 is 19.3 Å². The molecule has 5 aliphatic rings. The third-order valence-corrected chi connectivity index (χ3v) is 10.8. The van der Waals surface area contributed by atoms with Crippen molar-refractivity contribution in [1.29, 1.82) is 0 Å². The quantitative estimate of drug-likeness (QED) is 0.253. The number of piperidine rings is 1. The summed E-state index contributed by atoms with van der Waals surface area (Å²) in [6.45, 7) is 8.47. The number of amides is 1. The number of carbonyl (C=O) groups excluding carboxylic acids is 1. The Labute approximate surface area is 262 Å². The van der Waals surface area contributed by atoms with Crippen LogP contribution in [0.15, 0.2) is 10.5 Å². The second kappa shape index (κ2) is 10.3. The van der Waals surface area contributed by atoms with Crippen molar-refractivity contribution in [1.82, 2.24) is 19.8 Å². The summed E-state index contributed by atoms with van der Waals surface area (Å²) in [5.41, 5.74) is -1.74. The first-order valence-corrected chi connectivity index (χ1v) is 16.3. The minimum atomic E-state index is -2.57. The maximum Gasteiger partial charge on any atom is 0.410 e. The van der Waals surface area contributed by atoms with Gasteiger partial charge in [0.25, 0.3) is 5.92 Å². The number of ether oxygens (including phenoxy) is 2. The summed E-state index contributed by atoms with van der Waals surface area (Å²) >= 11 is 3.00. The van der Waals surface area contributed by atoms with Crippen LogP contribution in [0.25, 0.3) is 10.9 Å². The number of benzene rings is 1. The molecule has 1 spiro atoms. The monoisotopic (exact) mass is 683 g/mol. The zero-order valence-corrected chi connectivity index (χ0v) is 26.9. The number of likely N-dealkylation sites (tertiary alicyclic amines) is 1. The molecule has 1 aromatic carbocycles. The summed E-state index contributed by atoms with van der Waals surface area (Å²) < 4.78 is 69.9. The molecule has 2 aliphatic carbocycles. The summed E-state index contributed by atoms with van der Waals surface area (Å²) in [5.74, 6) is -3.81. The molecule has 3 saturated heterocycles. The number of hydrogen-bond acceptors (Lipinski definition) is 7. The lowest BCUT2D eigenvalue weighted by Gasteiger charge is -2.42. The van der Waals surface area contributed by atoms with Crippen molar-refractivity contribution < 1.29 is 31.8 Å². The maximum absolute atomic E-state index is 15.4. The van der Waals surface area contributed by atoms with Crippen LogP contribution in [-0.2, 0) is 4.74 Å². The third kappa shape index (κ3) is 5.39. The van der Waals surface area contributed by atoms with Gasteiger partial charge in [0.05, 0.1) is 28.6 Å². The molecule has 0 N–H and O–H groups in total. The molecule has 5 fully saturated rings. The van der Waals surface area contributed by atoms with Crippen molar-refractivity contribution >= 4 is 38.7 Å². The van der Waals surface area contributed by atoms with Crippen LogP contribution < -0.4 is 9.64 Å². The minimum absolute atomic E-state index is 0.0121. The van der Waals surface area contributed by atoms with Gasteiger partial charge in [0.2, 0.25) is 0 Å². The van der Waals surface area contributed by atoms with Gasteiger partial charge in [-0.25, -0.2) is 22.4 Å². The van der Waals surface area contributed by atoms with Crippen LogP contribution in [0, 0.1) is 22.5 Å². The van der Waals surface area contributed by atoms with E-state index in [-0.39, 0.29) is 58.0 Å². The standard InChI is InChI=1S/C31H38BrF4N5O3/c1-28(2,3)44-27(42)41-18-5-6-19(41)13-40(12-18)25-20-11-21(33)22(32)23(34)24(20)37-26(38-25)43-17-29(8-9-29)15-39-10-4-7-30(16-39)14-31(30,35)36/h11,18-19H,4-10,12-17H2,1-3H3. The van der Waals surface area contributed by atoms with E-state index in [0.29, 0.717) is 38.4 Å². The first kappa shape index (κ1) is 30.3. The number of hydrogen-bond donors (Lipinski definition) is 0. The zero-order valence-electron chi connectivity index (χ0n) is 25.3. The van der Waals surface area contributed by atoms with Crippen molar-refractivity contribution in [3.8, 4) is 6.01 Å². The molecule has 2 aromatic rings. The number of nitrogens with zero attached hydrogens (tertiary/aromatic N) is 5. The molecule has 44 heavy (non-hydrogen) atoms. The van der Waals surface area contributed by atoms with Gasteiger partial charge in [-0.1, -0.05) is 0 Å². The van der Waals surface area contributed by atoms with Crippen LogP contribution in [0.1, 0.15) is 65.7 Å². The Kier molecular flexibility index (Phi) is 7.08. The van der Waals surface area contributed by atoms with E-state index in [1.807, 2.05) is 25.7 Å². The van der Waals surface area contributed by atoms with Crippen molar-refractivity contribution in [3.05, 3.63) is 22.2 Å². The van der Waals surface area contributed by atoms with Crippen LogP contribution in [0.3, 0.4) is 0 Å². The van der Waals surface area contributed by atoms with Crippen LogP contribution in [0.2, 0.25) is 0 Å². The number of fused-ring (bicyclic) bond motifs is 3. The van der Waals surface area contributed by atoms with Crippen LogP contribution in [0.5, 0.6) is 6.01 Å².